The molecule has 0 aromatic heterocycles. The molecule has 0 saturated heterocycles. The molecule has 1 atom stereocenters. The van der Waals surface area contributed by atoms with Gasteiger partial charge in [-0.3, -0.25) is 4.79 Å². The van der Waals surface area contributed by atoms with Gasteiger partial charge in [0, 0.05) is 24.2 Å². The van der Waals surface area contributed by atoms with E-state index in [1.807, 2.05) is 19.9 Å². The standard InChI is InChI=1S/C18H26N2O2.ClH/c1-4-5-6-9-18(11-19)10-12-7-8-13-14(15(12)22-18)17(2,3)16(21)20-13;/h7-8H,4-6,9-11,19H2,1-3H3,(H,20,21);1H. The number of ether oxygens (including phenoxy) is 1. The quantitative estimate of drug-likeness (QED) is 0.807. The van der Waals surface area contributed by atoms with E-state index in [1.54, 1.807) is 0 Å². The number of carbonyl (C=O) groups is 1. The number of carbonyl (C=O) groups excluding carboxylic acids is 1. The molecule has 1 amide bonds. The van der Waals surface area contributed by atoms with Crippen LogP contribution >= 0.6 is 12.4 Å². The summed E-state index contributed by atoms with van der Waals surface area (Å²) in [7, 11) is 0. The van der Waals surface area contributed by atoms with Gasteiger partial charge in [0.05, 0.1) is 5.41 Å². The van der Waals surface area contributed by atoms with E-state index < -0.39 is 5.41 Å². The van der Waals surface area contributed by atoms with Gasteiger partial charge in [0.15, 0.2) is 0 Å². The summed E-state index contributed by atoms with van der Waals surface area (Å²) < 4.78 is 6.40. The van der Waals surface area contributed by atoms with Gasteiger partial charge in [-0.1, -0.05) is 25.8 Å². The zero-order chi connectivity index (χ0) is 16.0. The molecule has 0 bridgehead atoms. The molecule has 4 nitrogen and oxygen atoms in total. The number of nitrogens with one attached hydrogen (secondary N) is 1. The number of amides is 1. The zero-order valence-corrected chi connectivity index (χ0v) is 15.0. The first-order chi connectivity index (χ1) is 10.4. The smallest absolute Gasteiger partial charge is 0.234 e. The van der Waals surface area contributed by atoms with Crippen molar-refractivity contribution in [3.8, 4) is 5.75 Å². The third kappa shape index (κ3) is 2.83. The molecular formula is C18H27ClN2O2. The van der Waals surface area contributed by atoms with E-state index in [2.05, 4.69) is 18.3 Å². The van der Waals surface area contributed by atoms with Crippen molar-refractivity contribution in [2.45, 2.75) is 63.9 Å². The summed E-state index contributed by atoms with van der Waals surface area (Å²) in [6, 6.07) is 4.08. The molecule has 0 radical (unpaired) electrons. The van der Waals surface area contributed by atoms with Crippen LogP contribution in [0.15, 0.2) is 12.1 Å². The molecule has 3 rings (SSSR count). The molecule has 0 aliphatic carbocycles. The number of anilines is 1. The average molecular weight is 339 g/mol. The number of fused-ring (bicyclic) bond motifs is 3. The van der Waals surface area contributed by atoms with Crippen LogP contribution in [0.4, 0.5) is 5.69 Å². The van der Waals surface area contributed by atoms with Gasteiger partial charge in [0.1, 0.15) is 11.4 Å². The highest BCUT2D eigenvalue weighted by molar-refractivity contribution is 6.06. The Labute approximate surface area is 144 Å². The molecule has 0 spiro atoms. The lowest BCUT2D eigenvalue weighted by Gasteiger charge is -2.28. The molecule has 128 valence electrons. The van der Waals surface area contributed by atoms with Crippen molar-refractivity contribution in [1.82, 2.24) is 0 Å². The van der Waals surface area contributed by atoms with E-state index in [9.17, 15) is 4.79 Å². The predicted octanol–water partition coefficient (Wildman–Crippen LogP) is 3.55. The average Bonchev–Trinajstić information content (AvgIpc) is 2.95. The van der Waals surface area contributed by atoms with Crippen molar-refractivity contribution < 1.29 is 9.53 Å². The van der Waals surface area contributed by atoms with Gasteiger partial charge in [-0.25, -0.2) is 0 Å². The number of hydrogen-bond acceptors (Lipinski definition) is 3. The van der Waals surface area contributed by atoms with Crippen LogP contribution in [-0.2, 0) is 16.6 Å². The number of nitrogens with two attached hydrogens (primary N) is 1. The Balaban J connectivity index is 0.00000192. The number of rotatable bonds is 5. The first-order valence-electron chi connectivity index (χ1n) is 8.30. The van der Waals surface area contributed by atoms with Gasteiger partial charge in [-0.15, -0.1) is 12.4 Å². The third-order valence-corrected chi connectivity index (χ3v) is 5.12. The van der Waals surface area contributed by atoms with E-state index >= 15 is 0 Å². The molecular weight excluding hydrogens is 312 g/mol. The van der Waals surface area contributed by atoms with Crippen LogP contribution in [0, 0.1) is 0 Å². The summed E-state index contributed by atoms with van der Waals surface area (Å²) >= 11 is 0. The number of halogens is 1. The van der Waals surface area contributed by atoms with E-state index in [-0.39, 0.29) is 23.9 Å². The van der Waals surface area contributed by atoms with Gasteiger partial charge >= 0.3 is 0 Å². The van der Waals surface area contributed by atoms with Crippen molar-refractivity contribution in [2.75, 3.05) is 11.9 Å². The summed E-state index contributed by atoms with van der Waals surface area (Å²) in [4.78, 5) is 12.2. The fourth-order valence-corrected chi connectivity index (χ4v) is 3.65. The maximum absolute atomic E-state index is 12.2. The molecule has 2 aliphatic heterocycles. The summed E-state index contributed by atoms with van der Waals surface area (Å²) in [6.45, 7) is 6.63. The van der Waals surface area contributed by atoms with Crippen molar-refractivity contribution in [2.24, 2.45) is 5.73 Å². The van der Waals surface area contributed by atoms with Crippen LogP contribution < -0.4 is 15.8 Å². The van der Waals surface area contributed by atoms with Crippen LogP contribution in [-0.4, -0.2) is 18.1 Å². The molecule has 1 unspecified atom stereocenters. The molecule has 5 heteroatoms. The zero-order valence-electron chi connectivity index (χ0n) is 14.2. The summed E-state index contributed by atoms with van der Waals surface area (Å²) in [5.74, 6) is 0.929. The van der Waals surface area contributed by atoms with E-state index in [0.717, 1.165) is 36.3 Å². The summed E-state index contributed by atoms with van der Waals surface area (Å²) in [5.41, 5.74) is 8.29. The first kappa shape index (κ1) is 18.1. The minimum atomic E-state index is -0.547. The van der Waals surface area contributed by atoms with Gasteiger partial charge in [-0.05, 0) is 38.3 Å². The van der Waals surface area contributed by atoms with E-state index in [0.29, 0.717) is 6.54 Å². The molecule has 3 N–H and O–H groups in total. The van der Waals surface area contributed by atoms with Crippen molar-refractivity contribution in [1.29, 1.82) is 0 Å². The van der Waals surface area contributed by atoms with Gasteiger partial charge < -0.3 is 15.8 Å². The topological polar surface area (TPSA) is 64.3 Å². The lowest BCUT2D eigenvalue weighted by molar-refractivity contribution is -0.119. The van der Waals surface area contributed by atoms with Crippen LogP contribution in [0.5, 0.6) is 5.75 Å². The van der Waals surface area contributed by atoms with E-state index in [4.69, 9.17) is 10.5 Å². The van der Waals surface area contributed by atoms with Gasteiger partial charge in [-0.2, -0.15) is 0 Å². The Morgan fingerprint density at radius 2 is 2.04 bits per heavy atom. The van der Waals surface area contributed by atoms with Crippen molar-refractivity contribution in [3.05, 3.63) is 23.3 Å². The Kier molecular flexibility index (Phi) is 4.97. The molecule has 23 heavy (non-hydrogen) atoms. The normalized spacial score (nSPS) is 23.6. The fraction of sp³-hybridized carbons (Fsp3) is 0.611. The molecule has 1 aromatic rings. The first-order valence-corrected chi connectivity index (χ1v) is 8.30. The van der Waals surface area contributed by atoms with Crippen LogP contribution in [0.3, 0.4) is 0 Å². The number of benzene rings is 1. The Hall–Kier alpha value is -1.26. The second-order valence-corrected chi connectivity index (χ2v) is 7.18. The van der Waals surface area contributed by atoms with E-state index in [1.165, 1.54) is 18.4 Å². The van der Waals surface area contributed by atoms with Crippen LogP contribution in [0.25, 0.3) is 0 Å². The second kappa shape index (κ2) is 6.33. The highest BCUT2D eigenvalue weighted by Gasteiger charge is 2.47. The predicted molar refractivity (Wildman–Crippen MR) is 95.6 cm³/mol. The monoisotopic (exact) mass is 338 g/mol. The van der Waals surface area contributed by atoms with Crippen LogP contribution in [0.2, 0.25) is 0 Å². The minimum absolute atomic E-state index is 0. The lowest BCUT2D eigenvalue weighted by atomic mass is 9.84. The second-order valence-electron chi connectivity index (χ2n) is 7.18. The lowest BCUT2D eigenvalue weighted by Crippen LogP contribution is -2.42. The molecule has 2 heterocycles. The van der Waals surface area contributed by atoms with Gasteiger partial charge in [0.25, 0.3) is 0 Å². The number of hydrogen-bond donors (Lipinski definition) is 2. The van der Waals surface area contributed by atoms with Crippen molar-refractivity contribution >= 4 is 24.0 Å². The van der Waals surface area contributed by atoms with Crippen LogP contribution in [0.1, 0.15) is 57.6 Å². The third-order valence-electron chi connectivity index (χ3n) is 5.12. The molecule has 2 aliphatic rings. The Morgan fingerprint density at radius 1 is 1.30 bits per heavy atom. The largest absolute Gasteiger partial charge is 0.485 e. The Bertz CT molecular complexity index is 615. The molecule has 1 aromatic carbocycles. The molecule has 0 saturated carbocycles. The highest BCUT2D eigenvalue weighted by atomic mass is 35.5. The minimum Gasteiger partial charge on any atom is -0.485 e. The number of unbranched alkanes of at least 4 members (excludes halogenated alkanes) is 2. The Morgan fingerprint density at radius 3 is 2.70 bits per heavy atom. The maximum Gasteiger partial charge on any atom is 0.234 e. The van der Waals surface area contributed by atoms with Crippen molar-refractivity contribution in [3.63, 3.8) is 0 Å². The fourth-order valence-electron chi connectivity index (χ4n) is 3.65. The van der Waals surface area contributed by atoms with Gasteiger partial charge in [0.2, 0.25) is 5.91 Å². The summed E-state index contributed by atoms with van der Waals surface area (Å²) in [6.07, 6.45) is 5.34. The maximum atomic E-state index is 12.2. The highest BCUT2D eigenvalue weighted by Crippen LogP contribution is 2.50. The SMILES string of the molecule is CCCCCC1(CN)Cc2ccc3c(c2O1)C(C)(C)C(=O)N3.Cl. The molecule has 0 fully saturated rings. The summed E-state index contributed by atoms with van der Waals surface area (Å²) in [5, 5.41) is 2.96.